The summed E-state index contributed by atoms with van der Waals surface area (Å²) < 4.78 is 19.5. The first-order chi connectivity index (χ1) is 7.68. The molecule has 0 amide bonds. The maximum Gasteiger partial charge on any atom is 0.343 e. The highest BCUT2D eigenvalue weighted by atomic mass is 35.5. The van der Waals surface area contributed by atoms with Crippen molar-refractivity contribution in [3.8, 4) is 0 Å². The van der Waals surface area contributed by atoms with Crippen LogP contribution < -0.4 is 5.09 Å². The molecule has 96 valence electrons. The van der Waals surface area contributed by atoms with E-state index in [-0.39, 0.29) is 6.04 Å². The first-order valence-corrected chi connectivity index (χ1v) is 8.30. The van der Waals surface area contributed by atoms with Crippen molar-refractivity contribution in [3.05, 3.63) is 0 Å². The van der Waals surface area contributed by atoms with E-state index in [1.807, 2.05) is 0 Å². The van der Waals surface area contributed by atoms with E-state index >= 15 is 0 Å². The molecule has 0 aromatic carbocycles. The van der Waals surface area contributed by atoms with E-state index in [1.54, 1.807) is 4.67 Å². The van der Waals surface area contributed by atoms with Crippen molar-refractivity contribution in [1.82, 2.24) is 9.76 Å². The molecule has 0 saturated carbocycles. The summed E-state index contributed by atoms with van der Waals surface area (Å²) in [5, 5.41) is 2.91. The number of nitrogens with one attached hydrogen (secondary N) is 1. The van der Waals surface area contributed by atoms with Gasteiger partial charge in [-0.15, -0.1) is 34.8 Å². The van der Waals surface area contributed by atoms with Crippen molar-refractivity contribution in [2.75, 3.05) is 37.3 Å². The second-order valence-electron chi connectivity index (χ2n) is 3.43. The molecule has 16 heavy (non-hydrogen) atoms. The van der Waals surface area contributed by atoms with Gasteiger partial charge in [-0.1, -0.05) is 0 Å². The summed E-state index contributed by atoms with van der Waals surface area (Å²) in [5.74, 6) is 0.962. The molecule has 0 aromatic heterocycles. The topological polar surface area (TPSA) is 41.6 Å². The Balaban J connectivity index is 2.77. The molecule has 0 spiro atoms. The number of nitrogens with zero attached hydrogens (tertiary/aromatic N) is 1. The van der Waals surface area contributed by atoms with Crippen LogP contribution in [0.5, 0.6) is 0 Å². The largest absolute Gasteiger partial charge is 0.343 e. The molecule has 1 aliphatic heterocycles. The van der Waals surface area contributed by atoms with E-state index in [9.17, 15) is 4.57 Å². The lowest BCUT2D eigenvalue weighted by atomic mass is 10.4. The van der Waals surface area contributed by atoms with E-state index in [0.29, 0.717) is 37.3 Å². The van der Waals surface area contributed by atoms with Crippen molar-refractivity contribution in [2.45, 2.75) is 12.5 Å². The van der Waals surface area contributed by atoms with Gasteiger partial charge in [0.05, 0.1) is 6.61 Å². The molecule has 1 aliphatic rings. The summed E-state index contributed by atoms with van der Waals surface area (Å²) in [5.41, 5.74) is 0. The Labute approximate surface area is 111 Å². The summed E-state index contributed by atoms with van der Waals surface area (Å²) in [6.07, 6.45) is 0.852. The summed E-state index contributed by atoms with van der Waals surface area (Å²) in [4.78, 5) is 0. The third kappa shape index (κ3) is 3.74. The molecule has 0 bridgehead atoms. The molecule has 0 aliphatic carbocycles. The predicted octanol–water partition coefficient (Wildman–Crippen LogP) is 2.49. The first-order valence-electron chi connectivity index (χ1n) is 5.12. The van der Waals surface area contributed by atoms with Gasteiger partial charge in [0.1, 0.15) is 0 Å². The number of halogens is 3. The average Bonchev–Trinajstić information content (AvgIpc) is 2.30. The fourth-order valence-electron chi connectivity index (χ4n) is 1.51. The zero-order valence-electron chi connectivity index (χ0n) is 8.87. The number of alkyl halides is 3. The maximum atomic E-state index is 12.5. The second kappa shape index (κ2) is 7.42. The van der Waals surface area contributed by atoms with Gasteiger partial charge < -0.3 is 4.52 Å². The smallest absolute Gasteiger partial charge is 0.306 e. The van der Waals surface area contributed by atoms with E-state index < -0.39 is 7.67 Å². The number of hydrogen-bond donors (Lipinski definition) is 1. The standard InChI is InChI=1S/C8H16Cl3N2O2P/c9-2-4-13(8(6-10)7-11)16(14)12-3-1-5-15-16/h8H,1-7H2,(H,12,14). The highest BCUT2D eigenvalue weighted by Crippen LogP contribution is 2.49. The number of rotatable bonds is 6. The van der Waals surface area contributed by atoms with Gasteiger partial charge in [-0.05, 0) is 6.42 Å². The Morgan fingerprint density at radius 2 is 2.06 bits per heavy atom. The first kappa shape index (κ1) is 15.0. The highest BCUT2D eigenvalue weighted by Gasteiger charge is 2.37. The molecular formula is C8H16Cl3N2O2P. The molecule has 0 radical (unpaired) electrons. The van der Waals surface area contributed by atoms with Gasteiger partial charge in [-0.25, -0.2) is 9.76 Å². The SMILES string of the molecule is O=P1(N(CCCl)C(CCl)CCl)NCCCO1. The van der Waals surface area contributed by atoms with Crippen molar-refractivity contribution in [3.63, 3.8) is 0 Å². The Kier molecular flexibility index (Phi) is 6.98. The maximum absolute atomic E-state index is 12.5. The van der Waals surface area contributed by atoms with Crippen LogP contribution in [0.15, 0.2) is 0 Å². The average molecular weight is 310 g/mol. The molecule has 1 unspecified atom stereocenters. The van der Waals surface area contributed by atoms with Crippen LogP contribution in [0.4, 0.5) is 0 Å². The molecule has 1 fully saturated rings. The molecule has 1 saturated heterocycles. The zero-order chi connectivity index (χ0) is 12.0. The van der Waals surface area contributed by atoms with Crippen LogP contribution in [0.1, 0.15) is 6.42 Å². The van der Waals surface area contributed by atoms with Crippen molar-refractivity contribution >= 4 is 42.5 Å². The quantitative estimate of drug-likeness (QED) is 0.604. The van der Waals surface area contributed by atoms with Crippen LogP contribution >= 0.6 is 42.5 Å². The molecule has 1 atom stereocenters. The molecule has 1 heterocycles. The molecule has 0 aromatic rings. The van der Waals surface area contributed by atoms with Gasteiger partial charge in [0.2, 0.25) is 0 Å². The summed E-state index contributed by atoms with van der Waals surface area (Å²) in [6, 6.07) is -0.196. The fraction of sp³-hybridized carbons (Fsp3) is 1.00. The van der Waals surface area contributed by atoms with Crippen LogP contribution in [0.25, 0.3) is 0 Å². The van der Waals surface area contributed by atoms with Gasteiger partial charge in [-0.3, -0.25) is 4.57 Å². The lowest BCUT2D eigenvalue weighted by Gasteiger charge is -2.37. The van der Waals surface area contributed by atoms with Crippen molar-refractivity contribution in [1.29, 1.82) is 0 Å². The molecule has 8 heteroatoms. The van der Waals surface area contributed by atoms with E-state index in [2.05, 4.69) is 5.09 Å². The van der Waals surface area contributed by atoms with E-state index in [4.69, 9.17) is 39.3 Å². The lowest BCUT2D eigenvalue weighted by molar-refractivity contribution is 0.217. The molecular weight excluding hydrogens is 293 g/mol. The van der Waals surface area contributed by atoms with Crippen LogP contribution in [0.2, 0.25) is 0 Å². The minimum Gasteiger partial charge on any atom is -0.306 e. The van der Waals surface area contributed by atoms with Crippen LogP contribution in [-0.2, 0) is 9.09 Å². The van der Waals surface area contributed by atoms with Gasteiger partial charge in [-0.2, -0.15) is 0 Å². The third-order valence-corrected chi connectivity index (χ3v) is 5.57. The predicted molar refractivity (Wildman–Crippen MR) is 68.8 cm³/mol. The minimum atomic E-state index is -3.00. The van der Waals surface area contributed by atoms with Crippen molar-refractivity contribution in [2.24, 2.45) is 0 Å². The van der Waals surface area contributed by atoms with Gasteiger partial charge >= 0.3 is 7.67 Å². The zero-order valence-corrected chi connectivity index (χ0v) is 12.0. The Morgan fingerprint density at radius 3 is 2.50 bits per heavy atom. The van der Waals surface area contributed by atoms with Gasteiger partial charge in [0.15, 0.2) is 0 Å². The Hall–Kier alpha value is 0.980. The van der Waals surface area contributed by atoms with Gasteiger partial charge in [0.25, 0.3) is 0 Å². The minimum absolute atomic E-state index is 0.196. The van der Waals surface area contributed by atoms with Crippen molar-refractivity contribution < 1.29 is 9.09 Å². The fourth-order valence-corrected chi connectivity index (χ4v) is 4.86. The summed E-state index contributed by atoms with van der Waals surface area (Å²) in [7, 11) is -3.00. The van der Waals surface area contributed by atoms with E-state index in [1.165, 1.54) is 0 Å². The monoisotopic (exact) mass is 308 g/mol. The second-order valence-corrected chi connectivity index (χ2v) is 6.55. The van der Waals surface area contributed by atoms with Crippen LogP contribution in [0.3, 0.4) is 0 Å². The Bertz CT molecular complexity index is 243. The molecule has 1 rings (SSSR count). The normalized spacial score (nSPS) is 26.6. The summed E-state index contributed by atoms with van der Waals surface area (Å²) in [6.45, 7) is 1.60. The third-order valence-electron chi connectivity index (χ3n) is 2.33. The molecule has 4 nitrogen and oxygen atoms in total. The highest BCUT2D eigenvalue weighted by molar-refractivity contribution is 7.54. The van der Waals surface area contributed by atoms with Gasteiger partial charge in [0, 0.05) is 36.8 Å². The van der Waals surface area contributed by atoms with E-state index in [0.717, 1.165) is 6.42 Å². The lowest BCUT2D eigenvalue weighted by Crippen LogP contribution is -2.42. The Morgan fingerprint density at radius 1 is 1.38 bits per heavy atom. The van der Waals surface area contributed by atoms with Crippen LogP contribution in [-0.4, -0.2) is 48.0 Å². The molecule has 1 N–H and O–H groups in total. The van der Waals surface area contributed by atoms with Crippen LogP contribution in [0, 0.1) is 0 Å². The number of hydrogen-bond acceptors (Lipinski definition) is 2. The summed E-state index contributed by atoms with van der Waals surface area (Å²) >= 11 is 17.3.